The number of halogens is 1. The molecule has 1 unspecified atom stereocenters. The Hall–Kier alpha value is -4.78. The van der Waals surface area contributed by atoms with E-state index >= 15 is 0 Å². The minimum atomic E-state index is -0.734. The molecule has 2 aromatic carbocycles. The highest BCUT2D eigenvalue weighted by Gasteiger charge is 2.35. The Morgan fingerprint density at radius 3 is 1.71 bits per heavy atom. The van der Waals surface area contributed by atoms with E-state index < -0.39 is 29.8 Å². The van der Waals surface area contributed by atoms with Crippen molar-refractivity contribution in [3.63, 3.8) is 0 Å². The van der Waals surface area contributed by atoms with Gasteiger partial charge in [-0.3, -0.25) is 14.4 Å². The van der Waals surface area contributed by atoms with Gasteiger partial charge < -0.3 is 61.8 Å². The summed E-state index contributed by atoms with van der Waals surface area (Å²) in [5.74, 6) is -0.421. The molecular formula is C38H54ClN8O9+. The van der Waals surface area contributed by atoms with Gasteiger partial charge in [0, 0.05) is 12.8 Å². The number of carbonyl (C=O) groups is 3. The minimum Gasteiger partial charge on any atom is -0.484 e. The molecule has 1 fully saturated rings. The molecule has 0 bridgehead atoms. The number of carbonyl (C=O) groups excluding carboxylic acids is 3. The molecule has 0 aliphatic carbocycles. The smallest absolute Gasteiger partial charge is 0.274 e. The summed E-state index contributed by atoms with van der Waals surface area (Å²) >= 11 is 6.05. The first-order valence-corrected chi connectivity index (χ1v) is 19.0. The number of amides is 3. The summed E-state index contributed by atoms with van der Waals surface area (Å²) in [5.41, 5.74) is 13.8. The van der Waals surface area contributed by atoms with Crippen molar-refractivity contribution in [1.82, 2.24) is 25.9 Å². The van der Waals surface area contributed by atoms with Crippen molar-refractivity contribution in [2.24, 2.45) is 0 Å². The summed E-state index contributed by atoms with van der Waals surface area (Å²) in [6.45, 7) is 1.45. The summed E-state index contributed by atoms with van der Waals surface area (Å²) < 4.78 is 11.9. The predicted molar refractivity (Wildman–Crippen MR) is 209 cm³/mol. The highest BCUT2D eigenvalue weighted by molar-refractivity contribution is 6.31. The van der Waals surface area contributed by atoms with E-state index in [9.17, 15) is 14.4 Å². The van der Waals surface area contributed by atoms with Gasteiger partial charge in [0.05, 0.1) is 70.7 Å². The first-order valence-electron chi connectivity index (χ1n) is 18.7. The van der Waals surface area contributed by atoms with Crippen LogP contribution < -0.4 is 36.9 Å². The minimum absolute atomic E-state index is 0.0458. The molecule has 3 amide bonds. The van der Waals surface area contributed by atoms with E-state index in [-0.39, 0.29) is 68.2 Å². The van der Waals surface area contributed by atoms with E-state index in [0.29, 0.717) is 18.0 Å². The number of aliphatic hydroxyl groups excluding tert-OH is 4. The lowest BCUT2D eigenvalue weighted by Gasteiger charge is -2.45. The second-order valence-electron chi connectivity index (χ2n) is 14.0. The lowest BCUT2D eigenvalue weighted by molar-refractivity contribution is -0.933. The number of aromatic nitrogens is 2. The zero-order valence-corrected chi connectivity index (χ0v) is 32.1. The van der Waals surface area contributed by atoms with Crippen LogP contribution in [0.4, 0.5) is 11.6 Å². The van der Waals surface area contributed by atoms with Gasteiger partial charge in [-0.1, -0.05) is 35.9 Å². The molecule has 1 aliphatic heterocycles. The SMILES string of the molecule is Nc1nc(N)c(C(=O)NC2CCC[N+](CCCc3ccc(OCC(=O)NC(CO)CO)cc3)(CCCc3ccc(OCC(=O)NC(CO)CO)cc3)C2)nc1Cl. The number of hydrogen-bond acceptors (Lipinski definition) is 13. The fourth-order valence-corrected chi connectivity index (χ4v) is 6.82. The molecule has 17 nitrogen and oxygen atoms in total. The number of nitrogen functional groups attached to an aromatic ring is 2. The molecule has 1 aromatic heterocycles. The van der Waals surface area contributed by atoms with Crippen LogP contribution in [0, 0.1) is 0 Å². The summed E-state index contributed by atoms with van der Waals surface area (Å²) in [5, 5.41) is 44.6. The van der Waals surface area contributed by atoms with E-state index in [1.807, 2.05) is 48.5 Å². The first-order chi connectivity index (χ1) is 27.0. The lowest BCUT2D eigenvalue weighted by atomic mass is 9.99. The Balaban J connectivity index is 1.36. The molecule has 1 saturated heterocycles. The molecule has 0 saturated carbocycles. The Labute approximate surface area is 330 Å². The fourth-order valence-electron chi connectivity index (χ4n) is 6.70. The second kappa shape index (κ2) is 22.1. The maximum Gasteiger partial charge on any atom is 0.274 e. The largest absolute Gasteiger partial charge is 0.484 e. The average molecular weight is 802 g/mol. The number of aryl methyl sites for hydroxylation is 2. The number of piperidine rings is 1. The molecule has 306 valence electrons. The molecule has 3 aromatic rings. The number of nitrogens with zero attached hydrogens (tertiary/aromatic N) is 3. The van der Waals surface area contributed by atoms with Gasteiger partial charge in [-0.15, -0.1) is 0 Å². The zero-order valence-electron chi connectivity index (χ0n) is 31.4. The van der Waals surface area contributed by atoms with E-state index in [2.05, 4.69) is 25.9 Å². The van der Waals surface area contributed by atoms with Crippen molar-refractivity contribution < 1.29 is 48.8 Å². The van der Waals surface area contributed by atoms with Crippen LogP contribution in [0.1, 0.15) is 47.3 Å². The molecular weight excluding hydrogens is 748 g/mol. The average Bonchev–Trinajstić information content (AvgIpc) is 3.19. The van der Waals surface area contributed by atoms with Crippen LogP contribution in [-0.4, -0.2) is 137 Å². The quantitative estimate of drug-likeness (QED) is 0.0605. The molecule has 2 heterocycles. The van der Waals surface area contributed by atoms with Crippen LogP contribution in [-0.2, 0) is 22.4 Å². The fraction of sp³-hybridized carbons (Fsp3) is 0.500. The Bertz CT molecular complexity index is 1630. The Kier molecular flexibility index (Phi) is 17.3. The van der Waals surface area contributed by atoms with Crippen molar-refractivity contribution in [2.75, 3.05) is 77.3 Å². The normalized spacial score (nSPS) is 15.0. The van der Waals surface area contributed by atoms with Gasteiger partial charge in [-0.2, -0.15) is 0 Å². The number of quaternary nitrogens is 1. The van der Waals surface area contributed by atoms with Gasteiger partial charge in [0.25, 0.3) is 17.7 Å². The van der Waals surface area contributed by atoms with Crippen molar-refractivity contribution in [2.45, 2.75) is 56.7 Å². The van der Waals surface area contributed by atoms with Crippen molar-refractivity contribution >= 4 is 41.0 Å². The van der Waals surface area contributed by atoms with Crippen LogP contribution in [0.5, 0.6) is 11.5 Å². The van der Waals surface area contributed by atoms with E-state index in [0.717, 1.165) is 73.8 Å². The molecule has 4 rings (SSSR count). The van der Waals surface area contributed by atoms with Crippen LogP contribution in [0.3, 0.4) is 0 Å². The summed E-state index contributed by atoms with van der Waals surface area (Å²) in [4.78, 5) is 45.4. The van der Waals surface area contributed by atoms with Crippen molar-refractivity contribution in [1.29, 1.82) is 0 Å². The number of rotatable bonds is 22. The third kappa shape index (κ3) is 13.8. The van der Waals surface area contributed by atoms with Gasteiger partial charge in [0.15, 0.2) is 35.7 Å². The van der Waals surface area contributed by atoms with Gasteiger partial charge in [-0.25, -0.2) is 9.97 Å². The number of benzene rings is 2. The Morgan fingerprint density at radius 2 is 1.25 bits per heavy atom. The van der Waals surface area contributed by atoms with E-state index in [1.165, 1.54) is 0 Å². The number of nitrogens with one attached hydrogen (secondary N) is 3. The maximum absolute atomic E-state index is 13.3. The zero-order chi connectivity index (χ0) is 40.5. The molecule has 0 radical (unpaired) electrons. The van der Waals surface area contributed by atoms with Crippen LogP contribution in [0.2, 0.25) is 5.15 Å². The number of anilines is 2. The number of hydrogen-bond donors (Lipinski definition) is 9. The summed E-state index contributed by atoms with van der Waals surface area (Å²) in [6.07, 6.45) is 5.09. The highest BCUT2D eigenvalue weighted by atomic mass is 35.5. The van der Waals surface area contributed by atoms with E-state index in [1.54, 1.807) is 0 Å². The summed E-state index contributed by atoms with van der Waals surface area (Å²) in [7, 11) is 0. The molecule has 11 N–H and O–H groups in total. The number of ether oxygens (including phenoxy) is 2. The van der Waals surface area contributed by atoms with Crippen molar-refractivity contribution in [3.8, 4) is 11.5 Å². The van der Waals surface area contributed by atoms with Crippen LogP contribution in [0.25, 0.3) is 0 Å². The number of nitrogens with two attached hydrogens (primary N) is 2. The van der Waals surface area contributed by atoms with Crippen LogP contribution in [0.15, 0.2) is 48.5 Å². The Morgan fingerprint density at radius 1 is 0.768 bits per heavy atom. The third-order valence-electron chi connectivity index (χ3n) is 9.64. The van der Waals surface area contributed by atoms with Gasteiger partial charge in [0.1, 0.15) is 11.5 Å². The number of aliphatic hydroxyl groups is 4. The van der Waals surface area contributed by atoms with Gasteiger partial charge in [0.2, 0.25) is 0 Å². The monoisotopic (exact) mass is 801 g/mol. The molecule has 56 heavy (non-hydrogen) atoms. The predicted octanol–water partition coefficient (Wildman–Crippen LogP) is -0.0346. The number of likely N-dealkylation sites (tertiary alicyclic amines) is 1. The van der Waals surface area contributed by atoms with Crippen molar-refractivity contribution in [3.05, 3.63) is 70.5 Å². The second-order valence-corrected chi connectivity index (χ2v) is 14.3. The summed E-state index contributed by atoms with van der Waals surface area (Å²) in [6, 6.07) is 13.5. The van der Waals surface area contributed by atoms with E-state index in [4.69, 9.17) is 53.0 Å². The van der Waals surface area contributed by atoms with Gasteiger partial charge >= 0.3 is 0 Å². The van der Waals surface area contributed by atoms with Gasteiger partial charge in [-0.05, 0) is 61.1 Å². The lowest BCUT2D eigenvalue weighted by Crippen LogP contribution is -2.60. The van der Waals surface area contributed by atoms with Crippen LogP contribution >= 0.6 is 11.6 Å². The highest BCUT2D eigenvalue weighted by Crippen LogP contribution is 2.25. The topological polar surface area (TPSA) is 264 Å². The maximum atomic E-state index is 13.3. The third-order valence-corrected chi connectivity index (χ3v) is 9.92. The molecule has 1 aliphatic rings. The standard InChI is InChI=1S/C38H53ClN8O9/c39-35-37(41)46-36(40)34(45-35)38(54)44-27-6-3-17-47(18-27,15-1-4-25-7-11-30(12-8-25)55-23-32(52)42-28(19-48)20-49)16-2-5-26-9-13-31(14-10-26)56-24-33(53)43-29(21-50)22-51/h7-14,27-29,48-51H,1-6,15-24H2,(H6-,40,41,42,43,44,46,52,53,54)/p+1. The molecule has 18 heteroatoms. The molecule has 0 spiro atoms. The molecule has 1 atom stereocenters. The first kappa shape index (κ1) is 43.9.